The summed E-state index contributed by atoms with van der Waals surface area (Å²) in [4.78, 5) is 17.5. The maximum absolute atomic E-state index is 4.60. The highest BCUT2D eigenvalue weighted by Crippen LogP contribution is 2.19. The number of nitrogens with one attached hydrogen (secondary N) is 1. The number of rotatable bonds is 6. The topological polar surface area (TPSA) is 63.6 Å². The van der Waals surface area contributed by atoms with E-state index < -0.39 is 0 Å². The number of aryl methyl sites for hydroxylation is 2. The summed E-state index contributed by atoms with van der Waals surface area (Å²) in [5.41, 5.74) is 4.03. The maximum Gasteiger partial charge on any atom is 0.180 e. The monoisotopic (exact) mass is 285 g/mol. The van der Waals surface area contributed by atoms with E-state index in [-0.39, 0.29) is 0 Å². The first-order valence-electron chi connectivity index (χ1n) is 7.43. The first kappa shape index (κ1) is 15.5. The molecule has 2 rings (SSSR count). The van der Waals surface area contributed by atoms with Crippen LogP contribution in [0.2, 0.25) is 0 Å². The summed E-state index contributed by atoms with van der Waals surface area (Å²) >= 11 is 0. The molecule has 2 heterocycles. The van der Waals surface area contributed by atoms with Crippen molar-refractivity contribution in [2.75, 3.05) is 13.1 Å². The molecule has 5 heteroatoms. The summed E-state index contributed by atoms with van der Waals surface area (Å²) in [6.45, 7) is 10.5. The van der Waals surface area contributed by atoms with Gasteiger partial charge in [-0.2, -0.15) is 0 Å². The van der Waals surface area contributed by atoms with Crippen LogP contribution in [-0.4, -0.2) is 33.0 Å². The smallest absolute Gasteiger partial charge is 0.180 e. The lowest BCUT2D eigenvalue weighted by Gasteiger charge is -2.15. The van der Waals surface area contributed by atoms with E-state index in [1.165, 1.54) is 5.56 Å². The molecule has 0 amide bonds. The van der Waals surface area contributed by atoms with Gasteiger partial charge in [0.15, 0.2) is 5.82 Å². The zero-order valence-electron chi connectivity index (χ0n) is 13.2. The van der Waals surface area contributed by atoms with Crippen molar-refractivity contribution in [1.29, 1.82) is 0 Å². The van der Waals surface area contributed by atoms with E-state index in [1.54, 1.807) is 18.6 Å². The van der Waals surface area contributed by atoms with Gasteiger partial charge in [-0.1, -0.05) is 13.8 Å². The molecule has 2 aromatic heterocycles. The van der Waals surface area contributed by atoms with Crippen LogP contribution in [0.25, 0.3) is 11.5 Å². The fourth-order valence-electron chi connectivity index (χ4n) is 2.38. The minimum absolute atomic E-state index is 0.563. The van der Waals surface area contributed by atoms with Crippen molar-refractivity contribution >= 4 is 0 Å². The van der Waals surface area contributed by atoms with Gasteiger partial charge >= 0.3 is 0 Å². The Balaban J connectivity index is 2.22. The van der Waals surface area contributed by atoms with E-state index >= 15 is 0 Å². The molecule has 0 saturated heterocycles. The first-order valence-corrected chi connectivity index (χ1v) is 7.43. The van der Waals surface area contributed by atoms with Crippen molar-refractivity contribution in [1.82, 2.24) is 25.3 Å². The molecule has 0 aromatic carbocycles. The first-order chi connectivity index (χ1) is 10.1. The molecular formula is C16H23N5. The fourth-order valence-corrected chi connectivity index (χ4v) is 2.38. The summed E-state index contributed by atoms with van der Waals surface area (Å²) in [6, 6.07) is 0. The number of aromatic nitrogens is 4. The zero-order valence-corrected chi connectivity index (χ0v) is 13.2. The van der Waals surface area contributed by atoms with Gasteiger partial charge in [-0.25, -0.2) is 15.0 Å². The Kier molecular flexibility index (Phi) is 5.33. The van der Waals surface area contributed by atoms with E-state index in [4.69, 9.17) is 0 Å². The highest BCUT2D eigenvalue weighted by Gasteiger charge is 2.13. The quantitative estimate of drug-likeness (QED) is 0.882. The Morgan fingerprint density at radius 1 is 1.14 bits per heavy atom. The molecule has 112 valence electrons. The van der Waals surface area contributed by atoms with Gasteiger partial charge in [-0.05, 0) is 44.8 Å². The standard InChI is InChI=1S/C16H23N5/c1-5-17-9-11(2)8-14-12(3)20-16(21-13(14)4)15-10-18-6-7-19-15/h6-7,10-11,17H,5,8-9H2,1-4H3. The number of hydrogen-bond acceptors (Lipinski definition) is 5. The number of nitrogens with zero attached hydrogens (tertiary/aromatic N) is 4. The third-order valence-corrected chi connectivity index (χ3v) is 3.51. The lowest BCUT2D eigenvalue weighted by Crippen LogP contribution is -2.22. The Labute approximate surface area is 126 Å². The van der Waals surface area contributed by atoms with Crippen LogP contribution >= 0.6 is 0 Å². The molecule has 1 atom stereocenters. The Bertz CT molecular complexity index is 559. The van der Waals surface area contributed by atoms with E-state index in [9.17, 15) is 0 Å². The molecule has 0 aliphatic carbocycles. The van der Waals surface area contributed by atoms with Crippen LogP contribution in [0.1, 0.15) is 30.8 Å². The van der Waals surface area contributed by atoms with Gasteiger partial charge in [-0.3, -0.25) is 4.98 Å². The van der Waals surface area contributed by atoms with Crippen LogP contribution in [0.15, 0.2) is 18.6 Å². The Morgan fingerprint density at radius 3 is 2.43 bits per heavy atom. The van der Waals surface area contributed by atoms with Gasteiger partial charge in [0, 0.05) is 23.8 Å². The van der Waals surface area contributed by atoms with E-state index in [0.29, 0.717) is 11.7 Å². The van der Waals surface area contributed by atoms with Crippen molar-refractivity contribution in [2.45, 2.75) is 34.1 Å². The molecular weight excluding hydrogens is 262 g/mol. The largest absolute Gasteiger partial charge is 0.317 e. The minimum Gasteiger partial charge on any atom is -0.317 e. The molecule has 21 heavy (non-hydrogen) atoms. The van der Waals surface area contributed by atoms with Crippen LogP contribution in [-0.2, 0) is 6.42 Å². The van der Waals surface area contributed by atoms with Crippen LogP contribution in [0.4, 0.5) is 0 Å². The molecule has 1 N–H and O–H groups in total. The molecule has 0 aliphatic rings. The molecule has 0 fully saturated rings. The van der Waals surface area contributed by atoms with Crippen LogP contribution in [0, 0.1) is 19.8 Å². The average molecular weight is 285 g/mol. The van der Waals surface area contributed by atoms with Crippen LogP contribution in [0.3, 0.4) is 0 Å². The molecule has 5 nitrogen and oxygen atoms in total. The van der Waals surface area contributed by atoms with Crippen LogP contribution in [0.5, 0.6) is 0 Å². The van der Waals surface area contributed by atoms with Gasteiger partial charge in [0.05, 0.1) is 6.20 Å². The summed E-state index contributed by atoms with van der Waals surface area (Å²) in [6.07, 6.45) is 6.00. The summed E-state index contributed by atoms with van der Waals surface area (Å²) in [7, 11) is 0. The van der Waals surface area contributed by atoms with E-state index in [0.717, 1.165) is 36.6 Å². The summed E-state index contributed by atoms with van der Waals surface area (Å²) < 4.78 is 0. The molecule has 0 bridgehead atoms. The molecule has 0 aliphatic heterocycles. The van der Waals surface area contributed by atoms with Crippen molar-refractivity contribution in [3.05, 3.63) is 35.5 Å². The van der Waals surface area contributed by atoms with E-state index in [2.05, 4.69) is 39.1 Å². The van der Waals surface area contributed by atoms with Gasteiger partial charge in [0.2, 0.25) is 0 Å². The molecule has 1 unspecified atom stereocenters. The summed E-state index contributed by atoms with van der Waals surface area (Å²) in [5, 5.41) is 3.39. The average Bonchev–Trinajstić information content (AvgIpc) is 2.49. The lowest BCUT2D eigenvalue weighted by atomic mass is 9.98. The van der Waals surface area contributed by atoms with Gasteiger partial charge in [0.25, 0.3) is 0 Å². The fraction of sp³-hybridized carbons (Fsp3) is 0.500. The molecule has 0 saturated carbocycles. The second kappa shape index (κ2) is 7.22. The SMILES string of the molecule is CCNCC(C)Cc1c(C)nc(-c2cnccn2)nc1C. The number of hydrogen-bond donors (Lipinski definition) is 1. The predicted octanol–water partition coefficient (Wildman–Crippen LogP) is 2.34. The van der Waals surface area contributed by atoms with Crippen molar-refractivity contribution in [3.8, 4) is 11.5 Å². The highest BCUT2D eigenvalue weighted by molar-refractivity contribution is 5.48. The lowest BCUT2D eigenvalue weighted by molar-refractivity contribution is 0.517. The molecule has 0 spiro atoms. The maximum atomic E-state index is 4.60. The van der Waals surface area contributed by atoms with Crippen molar-refractivity contribution in [2.24, 2.45) is 5.92 Å². The summed E-state index contributed by atoms with van der Waals surface area (Å²) in [5.74, 6) is 1.22. The second-order valence-corrected chi connectivity index (χ2v) is 5.40. The third-order valence-electron chi connectivity index (χ3n) is 3.51. The second-order valence-electron chi connectivity index (χ2n) is 5.40. The Morgan fingerprint density at radius 2 is 1.86 bits per heavy atom. The predicted molar refractivity (Wildman–Crippen MR) is 83.9 cm³/mol. The molecule has 0 radical (unpaired) electrons. The van der Waals surface area contributed by atoms with Crippen molar-refractivity contribution in [3.63, 3.8) is 0 Å². The normalized spacial score (nSPS) is 12.4. The zero-order chi connectivity index (χ0) is 15.2. The van der Waals surface area contributed by atoms with Gasteiger partial charge in [-0.15, -0.1) is 0 Å². The van der Waals surface area contributed by atoms with E-state index in [1.807, 2.05) is 13.8 Å². The Hall–Kier alpha value is -1.88. The molecule has 2 aromatic rings. The van der Waals surface area contributed by atoms with Crippen molar-refractivity contribution < 1.29 is 0 Å². The third kappa shape index (κ3) is 4.04. The highest BCUT2D eigenvalue weighted by atomic mass is 14.9. The van der Waals surface area contributed by atoms with Gasteiger partial charge < -0.3 is 5.32 Å². The van der Waals surface area contributed by atoms with Crippen LogP contribution < -0.4 is 5.32 Å². The van der Waals surface area contributed by atoms with Gasteiger partial charge in [0.1, 0.15) is 5.69 Å². The minimum atomic E-state index is 0.563.